The molecular formula is C23H24F6N5+. The van der Waals surface area contributed by atoms with E-state index in [4.69, 9.17) is 0 Å². The van der Waals surface area contributed by atoms with Crippen molar-refractivity contribution in [1.82, 2.24) is 19.8 Å². The van der Waals surface area contributed by atoms with Crippen LogP contribution in [0.2, 0.25) is 0 Å². The fourth-order valence-electron chi connectivity index (χ4n) is 4.38. The van der Waals surface area contributed by atoms with Crippen LogP contribution in [0.3, 0.4) is 0 Å². The molecule has 1 saturated heterocycles. The summed E-state index contributed by atoms with van der Waals surface area (Å²) in [6.07, 6.45) is -4.38. The third kappa shape index (κ3) is 4.91. The van der Waals surface area contributed by atoms with Crippen LogP contribution >= 0.6 is 0 Å². The van der Waals surface area contributed by atoms with Crippen LogP contribution < -0.4 is 9.57 Å². The lowest BCUT2D eigenvalue weighted by Gasteiger charge is -2.32. The van der Waals surface area contributed by atoms with E-state index in [-0.39, 0.29) is 12.8 Å². The van der Waals surface area contributed by atoms with Crippen molar-refractivity contribution in [1.29, 1.82) is 0 Å². The zero-order chi connectivity index (χ0) is 24.7. The first-order valence-electron chi connectivity index (χ1n) is 11.0. The number of hydrogen-bond acceptors (Lipinski definition) is 4. The van der Waals surface area contributed by atoms with Gasteiger partial charge in [0, 0.05) is 6.08 Å². The number of piperazine rings is 1. The second-order valence-corrected chi connectivity index (χ2v) is 8.67. The lowest BCUT2D eigenvalue weighted by molar-refractivity contribution is -0.175. The summed E-state index contributed by atoms with van der Waals surface area (Å²) in [6, 6.07) is 0. The van der Waals surface area contributed by atoms with Gasteiger partial charge in [0.2, 0.25) is 0 Å². The largest absolute Gasteiger partial charge is 0.428 e. The molecule has 0 aromatic carbocycles. The minimum atomic E-state index is -4.47. The molecule has 3 aliphatic rings. The molecule has 2 aliphatic heterocycles. The van der Waals surface area contributed by atoms with Gasteiger partial charge in [-0.05, 0) is 55.9 Å². The lowest BCUT2D eigenvalue weighted by atomic mass is 9.86. The molecule has 4 rings (SSSR count). The van der Waals surface area contributed by atoms with Crippen molar-refractivity contribution < 1.29 is 26.3 Å². The van der Waals surface area contributed by atoms with Crippen LogP contribution in [-0.4, -0.2) is 65.3 Å². The van der Waals surface area contributed by atoms with E-state index in [0.29, 0.717) is 49.9 Å². The summed E-state index contributed by atoms with van der Waals surface area (Å²) in [6.45, 7) is 6.05. The van der Waals surface area contributed by atoms with E-state index < -0.39 is 23.8 Å². The predicted octanol–water partition coefficient (Wildman–Crippen LogP) is 4.16. The summed E-state index contributed by atoms with van der Waals surface area (Å²) < 4.78 is 80.9. The second kappa shape index (κ2) is 8.96. The standard InChI is InChI=1S/C23H24F6N5/c1-14-15(2)21(32-31-20(14)16-3-5-17(6-4-16)22(24,25)26)34-11-9-33(10-12-34)19-8-7-18(13-30-19)23(27,28)29/h3,7-8,17H,4-6,9-12H2,1-2H3/q+1. The van der Waals surface area contributed by atoms with Crippen molar-refractivity contribution in [3.63, 3.8) is 0 Å². The van der Waals surface area contributed by atoms with Crippen LogP contribution in [0.5, 0.6) is 0 Å². The molecule has 34 heavy (non-hydrogen) atoms. The molecule has 0 bridgehead atoms. The van der Waals surface area contributed by atoms with E-state index >= 15 is 0 Å². The minimum Gasteiger partial charge on any atom is -0.347 e. The van der Waals surface area contributed by atoms with Gasteiger partial charge in [-0.25, -0.2) is 4.90 Å². The fourth-order valence-corrected chi connectivity index (χ4v) is 4.38. The van der Waals surface area contributed by atoms with E-state index in [1.807, 2.05) is 18.7 Å². The number of aromatic nitrogens is 2. The summed E-state index contributed by atoms with van der Waals surface area (Å²) in [4.78, 5) is 3.94. The van der Waals surface area contributed by atoms with Crippen LogP contribution in [0.1, 0.15) is 36.1 Å². The van der Waals surface area contributed by atoms with Crippen molar-refractivity contribution in [2.75, 3.05) is 31.1 Å². The Bertz CT molecular complexity index is 1130. The van der Waals surface area contributed by atoms with Crippen LogP contribution in [0.4, 0.5) is 32.2 Å². The number of halogens is 6. The van der Waals surface area contributed by atoms with Gasteiger partial charge >= 0.3 is 18.2 Å². The second-order valence-electron chi connectivity index (χ2n) is 8.67. The van der Waals surface area contributed by atoms with E-state index in [1.165, 1.54) is 6.08 Å². The van der Waals surface area contributed by atoms with Gasteiger partial charge in [0.05, 0.1) is 24.7 Å². The highest BCUT2D eigenvalue weighted by atomic mass is 19.4. The van der Waals surface area contributed by atoms with Gasteiger partial charge in [0.1, 0.15) is 13.1 Å². The van der Waals surface area contributed by atoms with Gasteiger partial charge in [-0.15, -0.1) is 10.2 Å². The Hall–Kier alpha value is -3.03. The van der Waals surface area contributed by atoms with Crippen LogP contribution in [0, 0.1) is 19.8 Å². The molecule has 3 heterocycles. The smallest absolute Gasteiger partial charge is 0.347 e. The number of rotatable bonds is 2. The molecule has 1 unspecified atom stereocenters. The topological polar surface area (TPSA) is 46.4 Å². The molecule has 5 nitrogen and oxygen atoms in total. The molecule has 0 amide bonds. The van der Waals surface area contributed by atoms with Gasteiger partial charge < -0.3 is 4.90 Å². The SMILES string of the molecule is Cc1c(C2=CCC(C(F)(F)F)CC2)nnc(N2CCN(C3=[N+]=C=C(C(F)(F)F)C=C3)CC2)c1C. The number of alkyl halides is 6. The Balaban J connectivity index is 1.46. The normalized spacial score (nSPS) is 21.4. The lowest BCUT2D eigenvalue weighted by Crippen LogP contribution is -2.49. The molecule has 1 atom stereocenters. The molecule has 0 saturated carbocycles. The molecular weight excluding hydrogens is 460 g/mol. The van der Waals surface area contributed by atoms with Crippen LogP contribution in [0.15, 0.2) is 23.8 Å². The highest BCUT2D eigenvalue weighted by molar-refractivity contribution is 5.96. The van der Waals surface area contributed by atoms with Crippen molar-refractivity contribution >= 4 is 23.1 Å². The molecule has 182 valence electrons. The molecule has 1 fully saturated rings. The van der Waals surface area contributed by atoms with E-state index in [0.717, 1.165) is 22.8 Å². The average Bonchev–Trinajstić information content (AvgIpc) is 2.80. The van der Waals surface area contributed by atoms with Crippen molar-refractivity contribution in [3.8, 4) is 0 Å². The summed E-state index contributed by atoms with van der Waals surface area (Å²) in [5.74, 6) is 1.89. The number of nitrogens with zero attached hydrogens (tertiary/aromatic N) is 5. The molecule has 1 aliphatic carbocycles. The maximum Gasteiger partial charge on any atom is 0.428 e. The Labute approximate surface area is 192 Å². The molecule has 0 N–H and O–H groups in total. The quantitative estimate of drug-likeness (QED) is 0.468. The summed E-state index contributed by atoms with van der Waals surface area (Å²) in [7, 11) is 0. The number of allylic oxidation sites excluding steroid dienone is 4. The minimum absolute atomic E-state index is 0.0435. The first-order valence-corrected chi connectivity index (χ1v) is 11.0. The zero-order valence-electron chi connectivity index (χ0n) is 18.8. The molecule has 0 spiro atoms. The Morgan fingerprint density at radius 1 is 0.941 bits per heavy atom. The molecule has 1 aromatic heterocycles. The summed E-state index contributed by atoms with van der Waals surface area (Å²) >= 11 is 0. The Morgan fingerprint density at radius 3 is 2.15 bits per heavy atom. The van der Waals surface area contributed by atoms with Crippen LogP contribution in [-0.2, 0) is 0 Å². The highest BCUT2D eigenvalue weighted by Gasteiger charge is 2.40. The Kier molecular flexibility index (Phi) is 6.36. The highest BCUT2D eigenvalue weighted by Crippen LogP contribution is 2.40. The van der Waals surface area contributed by atoms with Gasteiger partial charge in [-0.1, -0.05) is 6.08 Å². The van der Waals surface area contributed by atoms with Gasteiger partial charge in [-0.3, -0.25) is 0 Å². The van der Waals surface area contributed by atoms with Crippen molar-refractivity contribution in [3.05, 3.63) is 40.6 Å². The fraction of sp³-hybridized carbons (Fsp3) is 0.522. The summed E-state index contributed by atoms with van der Waals surface area (Å²) in [5.41, 5.74) is 2.35. The third-order valence-corrected chi connectivity index (χ3v) is 6.57. The number of hydrogen-bond donors (Lipinski definition) is 0. The third-order valence-electron chi connectivity index (χ3n) is 6.57. The van der Waals surface area contributed by atoms with Gasteiger partial charge in [-0.2, -0.15) is 31.0 Å². The first-order chi connectivity index (χ1) is 15.9. The predicted molar refractivity (Wildman–Crippen MR) is 118 cm³/mol. The first kappa shape index (κ1) is 24.1. The molecule has 1 aromatic rings. The number of anilines is 1. The van der Waals surface area contributed by atoms with Gasteiger partial charge in [0.25, 0.3) is 0 Å². The molecule has 0 radical (unpaired) electrons. The van der Waals surface area contributed by atoms with E-state index in [9.17, 15) is 26.3 Å². The maximum absolute atomic E-state index is 13.0. The molecule has 11 heteroatoms. The van der Waals surface area contributed by atoms with Crippen molar-refractivity contribution in [2.45, 2.75) is 45.5 Å². The monoisotopic (exact) mass is 484 g/mol. The van der Waals surface area contributed by atoms with Crippen LogP contribution in [0.25, 0.3) is 5.57 Å². The van der Waals surface area contributed by atoms with E-state index in [2.05, 4.69) is 25.6 Å². The zero-order valence-corrected chi connectivity index (χ0v) is 18.8. The summed E-state index contributed by atoms with van der Waals surface area (Å²) in [5, 5.41) is 8.75. The van der Waals surface area contributed by atoms with Gasteiger partial charge in [0.15, 0.2) is 17.3 Å². The Morgan fingerprint density at radius 2 is 1.62 bits per heavy atom. The van der Waals surface area contributed by atoms with Crippen molar-refractivity contribution in [2.24, 2.45) is 5.92 Å². The maximum atomic E-state index is 13.0. The average molecular weight is 484 g/mol. The number of amidine groups is 1. The van der Waals surface area contributed by atoms with E-state index in [1.54, 1.807) is 6.08 Å².